The summed E-state index contributed by atoms with van der Waals surface area (Å²) >= 11 is 0. The molecule has 48 heavy (non-hydrogen) atoms. The number of hydroxylamine groups is 2. The van der Waals surface area contributed by atoms with E-state index in [0.29, 0.717) is 35.5 Å². The zero-order valence-corrected chi connectivity index (χ0v) is 30.5. The van der Waals surface area contributed by atoms with Crippen LogP contribution in [0, 0.1) is 0 Å². The molecule has 2 amide bonds. The van der Waals surface area contributed by atoms with Gasteiger partial charge in [0.25, 0.3) is 11.8 Å². The first-order valence-corrected chi connectivity index (χ1v) is 20.3. The lowest BCUT2D eigenvalue weighted by Crippen LogP contribution is -2.34. The van der Waals surface area contributed by atoms with Crippen LogP contribution in [0.15, 0.2) is 64.7 Å². The standard InChI is InChI=1S/C40H60N2O5S/c1-3-5-7-9-11-13-15-17-19-21-26-37-38(27-22-20-18-16-14-12-10-8-6-4-2)40(44)42(39(37)43)47-48(45,46)36-30-28-34(29-31-36)33-35-25-23-24-32-41-35/h23-25,28-32H,3-22,26-27,33H2,1-2H3. The van der Waals surface area contributed by atoms with Gasteiger partial charge in [0.2, 0.25) is 0 Å². The fraction of sp³-hybridized carbons (Fsp3) is 0.625. The smallest absolute Gasteiger partial charge is 0.267 e. The summed E-state index contributed by atoms with van der Waals surface area (Å²) in [6, 6.07) is 11.9. The third-order valence-electron chi connectivity index (χ3n) is 9.31. The Labute approximate surface area is 291 Å². The summed E-state index contributed by atoms with van der Waals surface area (Å²) in [6.07, 6.45) is 26.7. The number of aromatic nitrogens is 1. The number of amides is 2. The largest absolute Gasteiger partial charge is 0.318 e. The molecule has 8 heteroatoms. The van der Waals surface area contributed by atoms with E-state index in [-0.39, 0.29) is 4.90 Å². The van der Waals surface area contributed by atoms with Crippen LogP contribution >= 0.6 is 0 Å². The predicted octanol–water partition coefficient (Wildman–Crippen LogP) is 10.6. The second kappa shape index (κ2) is 22.7. The Morgan fingerprint density at radius 3 is 1.44 bits per heavy atom. The minimum absolute atomic E-state index is 0.104. The molecule has 1 aliphatic rings. The van der Waals surface area contributed by atoms with E-state index in [1.54, 1.807) is 18.3 Å². The molecule has 1 aromatic carbocycles. The van der Waals surface area contributed by atoms with Crippen LogP contribution in [0.5, 0.6) is 0 Å². The molecule has 7 nitrogen and oxygen atoms in total. The van der Waals surface area contributed by atoms with Gasteiger partial charge in [-0.05, 0) is 55.5 Å². The summed E-state index contributed by atoms with van der Waals surface area (Å²) in [5.41, 5.74) is 2.61. The highest BCUT2D eigenvalue weighted by molar-refractivity contribution is 7.86. The van der Waals surface area contributed by atoms with Gasteiger partial charge in [0, 0.05) is 29.5 Å². The first-order valence-electron chi connectivity index (χ1n) is 18.9. The van der Waals surface area contributed by atoms with E-state index in [0.717, 1.165) is 49.8 Å². The molecule has 0 fully saturated rings. The zero-order chi connectivity index (χ0) is 34.5. The highest BCUT2D eigenvalue weighted by Crippen LogP contribution is 2.31. The number of hydrogen-bond donors (Lipinski definition) is 0. The lowest BCUT2D eigenvalue weighted by molar-refractivity contribution is -0.163. The number of carbonyl (C=O) groups excluding carboxylic acids is 2. The highest BCUT2D eigenvalue weighted by atomic mass is 32.2. The Morgan fingerprint density at radius 2 is 1.02 bits per heavy atom. The molecular formula is C40H60N2O5S. The molecule has 1 aliphatic heterocycles. The lowest BCUT2D eigenvalue weighted by Gasteiger charge is -2.14. The second-order valence-corrected chi connectivity index (χ2v) is 14.9. The fourth-order valence-corrected chi connectivity index (χ4v) is 7.27. The number of carbonyl (C=O) groups is 2. The van der Waals surface area contributed by atoms with E-state index in [4.69, 9.17) is 4.28 Å². The van der Waals surface area contributed by atoms with Gasteiger partial charge in [-0.1, -0.05) is 148 Å². The van der Waals surface area contributed by atoms with Crippen molar-refractivity contribution in [3.63, 3.8) is 0 Å². The first kappa shape index (κ1) is 39.6. The number of unbranched alkanes of at least 4 members (excludes halogenated alkanes) is 18. The van der Waals surface area contributed by atoms with Crippen molar-refractivity contribution in [2.75, 3.05) is 0 Å². The Morgan fingerprint density at radius 1 is 0.583 bits per heavy atom. The minimum atomic E-state index is -4.39. The first-order chi connectivity index (χ1) is 23.4. The van der Waals surface area contributed by atoms with Gasteiger partial charge >= 0.3 is 10.1 Å². The van der Waals surface area contributed by atoms with Gasteiger partial charge in [-0.25, -0.2) is 0 Å². The van der Waals surface area contributed by atoms with Gasteiger partial charge < -0.3 is 0 Å². The van der Waals surface area contributed by atoms with E-state index in [1.165, 1.54) is 102 Å². The SMILES string of the molecule is CCCCCCCCCCCCC1=C(CCCCCCCCCCCC)C(=O)N(OS(=O)(=O)c2ccc(Cc3ccccn3)cc2)C1=O. The molecule has 0 unspecified atom stereocenters. The molecule has 0 saturated carbocycles. The number of imide groups is 1. The molecule has 266 valence electrons. The van der Waals surface area contributed by atoms with Crippen molar-refractivity contribution in [2.45, 2.75) is 166 Å². The van der Waals surface area contributed by atoms with Crippen LogP contribution in [0.25, 0.3) is 0 Å². The fourth-order valence-electron chi connectivity index (χ4n) is 6.38. The molecule has 0 aliphatic carbocycles. The molecule has 0 spiro atoms. The summed E-state index contributed by atoms with van der Waals surface area (Å²) in [7, 11) is -4.39. The normalized spacial score (nSPS) is 13.7. The number of benzene rings is 1. The van der Waals surface area contributed by atoms with Gasteiger partial charge in [-0.3, -0.25) is 14.6 Å². The van der Waals surface area contributed by atoms with Crippen LogP contribution in [0.2, 0.25) is 0 Å². The maximum absolute atomic E-state index is 13.5. The van der Waals surface area contributed by atoms with Crippen molar-refractivity contribution >= 4 is 21.9 Å². The maximum atomic E-state index is 13.5. The van der Waals surface area contributed by atoms with Crippen molar-refractivity contribution in [2.24, 2.45) is 0 Å². The number of nitrogens with zero attached hydrogens (tertiary/aromatic N) is 2. The van der Waals surface area contributed by atoms with Crippen LogP contribution in [0.4, 0.5) is 0 Å². The summed E-state index contributed by atoms with van der Waals surface area (Å²) in [6.45, 7) is 4.46. The van der Waals surface area contributed by atoms with E-state index in [9.17, 15) is 18.0 Å². The Balaban J connectivity index is 1.56. The molecule has 0 atom stereocenters. The topological polar surface area (TPSA) is 93.6 Å². The summed E-state index contributed by atoms with van der Waals surface area (Å²) < 4.78 is 31.8. The Bertz CT molecular complexity index is 1310. The zero-order valence-electron chi connectivity index (χ0n) is 29.7. The maximum Gasteiger partial charge on any atom is 0.318 e. The third-order valence-corrected chi connectivity index (χ3v) is 10.5. The average Bonchev–Trinajstić information content (AvgIpc) is 3.30. The molecule has 0 saturated heterocycles. The van der Waals surface area contributed by atoms with Crippen LogP contribution in [0.1, 0.15) is 166 Å². The van der Waals surface area contributed by atoms with E-state index in [2.05, 4.69) is 18.8 Å². The number of pyridine rings is 1. The average molecular weight is 681 g/mol. The minimum Gasteiger partial charge on any atom is -0.267 e. The van der Waals surface area contributed by atoms with Gasteiger partial charge in [-0.2, -0.15) is 8.42 Å². The van der Waals surface area contributed by atoms with Crippen molar-refractivity contribution in [1.82, 2.24) is 10.0 Å². The van der Waals surface area contributed by atoms with Crippen LogP contribution in [-0.4, -0.2) is 30.3 Å². The monoisotopic (exact) mass is 680 g/mol. The second-order valence-electron chi connectivity index (χ2n) is 13.4. The van der Waals surface area contributed by atoms with Gasteiger partial charge in [0.15, 0.2) is 0 Å². The number of rotatable bonds is 27. The molecule has 0 N–H and O–H groups in total. The van der Waals surface area contributed by atoms with E-state index >= 15 is 0 Å². The summed E-state index contributed by atoms with van der Waals surface area (Å²) in [4.78, 5) is 31.2. The van der Waals surface area contributed by atoms with Gasteiger partial charge in [0.05, 0.1) is 4.90 Å². The van der Waals surface area contributed by atoms with Crippen LogP contribution < -0.4 is 0 Å². The summed E-state index contributed by atoms with van der Waals surface area (Å²) in [5.74, 6) is -1.26. The molecule has 0 bridgehead atoms. The van der Waals surface area contributed by atoms with Crippen molar-refractivity contribution in [1.29, 1.82) is 0 Å². The van der Waals surface area contributed by atoms with Crippen molar-refractivity contribution < 1.29 is 22.3 Å². The van der Waals surface area contributed by atoms with Crippen LogP contribution in [0.3, 0.4) is 0 Å². The van der Waals surface area contributed by atoms with Crippen LogP contribution in [-0.2, 0) is 30.4 Å². The molecule has 3 rings (SSSR count). The summed E-state index contributed by atoms with van der Waals surface area (Å²) in [5, 5.41) is 0.494. The lowest BCUT2D eigenvalue weighted by atomic mass is 9.97. The quantitative estimate of drug-likeness (QED) is 0.0688. The number of hydrogen-bond acceptors (Lipinski definition) is 6. The van der Waals surface area contributed by atoms with E-state index < -0.39 is 21.9 Å². The molecule has 2 heterocycles. The molecule has 2 aromatic rings. The Hall–Kier alpha value is -2.84. The molecular weight excluding hydrogens is 621 g/mol. The highest BCUT2D eigenvalue weighted by Gasteiger charge is 2.41. The van der Waals surface area contributed by atoms with Gasteiger partial charge in [0.1, 0.15) is 0 Å². The third kappa shape index (κ3) is 13.9. The molecule has 0 radical (unpaired) electrons. The van der Waals surface area contributed by atoms with Gasteiger partial charge in [-0.15, -0.1) is 9.35 Å². The van der Waals surface area contributed by atoms with E-state index in [1.807, 2.05) is 18.2 Å². The molecule has 1 aromatic heterocycles. The Kier molecular flexibility index (Phi) is 18.7. The van der Waals surface area contributed by atoms with Crippen molar-refractivity contribution in [3.8, 4) is 0 Å². The van der Waals surface area contributed by atoms with Crippen molar-refractivity contribution in [3.05, 3.63) is 71.1 Å². The predicted molar refractivity (Wildman–Crippen MR) is 194 cm³/mol.